The summed E-state index contributed by atoms with van der Waals surface area (Å²) in [6.07, 6.45) is 0. The van der Waals surface area contributed by atoms with E-state index >= 15 is 0 Å². The molecule has 27 N–H and O–H groups in total. The molecule has 37 heteroatoms. The van der Waals surface area contributed by atoms with Gasteiger partial charge in [0.05, 0.1) is 0 Å². The molecule has 0 radical (unpaired) electrons. The maximum absolute atomic E-state index is 7.17. The van der Waals surface area contributed by atoms with Crippen LogP contribution in [0.25, 0.3) is 0 Å². The predicted molar refractivity (Wildman–Crippen MR) is 152 cm³/mol. The molecule has 28 nitrogen and oxygen atoms in total. The van der Waals surface area contributed by atoms with Crippen LogP contribution in [0, 0.1) is 0 Å². The normalized spacial score (nSPS) is 7.22. The van der Waals surface area contributed by atoms with Gasteiger partial charge in [0.25, 0.3) is 0 Å². The quantitative estimate of drug-likeness (QED) is 0.123. The van der Waals surface area contributed by atoms with Crippen molar-refractivity contribution in [3.8, 4) is 0 Å². The van der Waals surface area contributed by atoms with E-state index in [4.69, 9.17) is 136 Å². The summed E-state index contributed by atoms with van der Waals surface area (Å²) in [7, 11) is -15.4. The molecule has 0 aromatic heterocycles. The molecule has 264 valence electrons. The van der Waals surface area contributed by atoms with Crippen LogP contribution in [0.5, 0.6) is 0 Å². The Morgan fingerprint density at radius 1 is 0.289 bits per heavy atom. The van der Waals surface area contributed by atoms with Gasteiger partial charge in [-0.2, -0.15) is 0 Å². The van der Waals surface area contributed by atoms with Gasteiger partial charge in [0, 0.05) is 19.8 Å². The number of rotatable bonds is 1. The first-order chi connectivity index (χ1) is 19.9. The second-order valence-electron chi connectivity index (χ2n) is 5.35. The maximum atomic E-state index is 7.17. The second kappa shape index (κ2) is 55.0. The van der Waals surface area contributed by atoms with Crippen molar-refractivity contribution >= 4 is 71.6 Å². The highest BCUT2D eigenvalue weighted by Crippen LogP contribution is 2.07. The third-order valence-electron chi connectivity index (χ3n) is 1.27. The van der Waals surface area contributed by atoms with Crippen molar-refractivity contribution in [1.82, 2.24) is 0 Å². The largest absolute Gasteiger partial charge is 0.631 e. The van der Waals surface area contributed by atoms with Crippen LogP contribution in [0.15, 0.2) is 30.3 Å². The summed E-state index contributed by atoms with van der Waals surface area (Å²) >= 11 is 0. The van der Waals surface area contributed by atoms with Crippen LogP contribution in [-0.2, 0) is 0 Å². The van der Waals surface area contributed by atoms with Crippen molar-refractivity contribution < 1.29 is 136 Å². The molecule has 1 aromatic carbocycles. The van der Waals surface area contributed by atoms with E-state index in [2.05, 4.69) is 17.0 Å². The third-order valence-corrected chi connectivity index (χ3v) is 1.27. The number of benzene rings is 1. The topological polar surface area (TPSA) is 549 Å². The van der Waals surface area contributed by atoms with Gasteiger partial charge in [-0.15, -0.1) is 0 Å². The monoisotopic (exact) mass is 679 g/mol. The lowest BCUT2D eigenvalue weighted by Gasteiger charge is -2.10. The fourth-order valence-electron chi connectivity index (χ4n) is 0.726. The fraction of sp³-hybridized carbons (Fsp3) is 0.250. The van der Waals surface area contributed by atoms with Gasteiger partial charge in [0.1, 0.15) is 0 Å². The Morgan fingerprint density at radius 3 is 0.467 bits per heavy atom. The van der Waals surface area contributed by atoms with Gasteiger partial charge in [-0.1, -0.05) is 18.2 Å². The molecule has 0 aliphatic carbocycles. The molecule has 0 heterocycles. The molecule has 0 spiro atoms. The first-order valence-electron chi connectivity index (χ1n) is 10.0. The minimum atomic E-state index is -2.17. The standard InChI is InChI=1S/C8H11N.9BH3O3/c1-9(2)8-6-4-3-5-7-8;9*2-1(3)4/h3-7H,1-2H3;9*2-4H. The SMILES string of the molecule is CN(C)c1ccccc1.OB(O)O.OB(O)O.OB(O)O.OB(O)O.OB(O)O.OB(O)O.OB(O)O.OB(O)O.OB(O)O. The maximum Gasteiger partial charge on any atom is 0.631 e. The molecule has 0 unspecified atom stereocenters. The van der Waals surface area contributed by atoms with Crippen molar-refractivity contribution in [1.29, 1.82) is 0 Å². The first-order valence-corrected chi connectivity index (χ1v) is 10.0. The number of hydrogen-bond donors (Lipinski definition) is 27. The molecular formula is C8H38B9NO27. The van der Waals surface area contributed by atoms with Crippen molar-refractivity contribution in [2.75, 3.05) is 19.0 Å². The molecule has 0 atom stereocenters. The van der Waals surface area contributed by atoms with Crippen molar-refractivity contribution in [3.05, 3.63) is 30.3 Å². The Bertz CT molecular complexity index is 454. The number of hydrogen-bond acceptors (Lipinski definition) is 28. The van der Waals surface area contributed by atoms with E-state index in [1.54, 1.807) is 0 Å². The highest BCUT2D eigenvalue weighted by molar-refractivity contribution is 6.32. The molecule has 0 saturated heterocycles. The Hall–Kier alpha value is -1.48. The van der Waals surface area contributed by atoms with Crippen LogP contribution >= 0.6 is 0 Å². The smallest absolute Gasteiger partial charge is 0.402 e. The molecule has 1 aromatic rings. The molecule has 0 aliphatic heterocycles. The van der Waals surface area contributed by atoms with Crippen molar-refractivity contribution in [3.63, 3.8) is 0 Å². The van der Waals surface area contributed by atoms with E-state index in [-0.39, 0.29) is 0 Å². The molecule has 1 rings (SSSR count). The van der Waals surface area contributed by atoms with Gasteiger partial charge >= 0.3 is 65.9 Å². The number of nitrogens with zero attached hydrogens (tertiary/aromatic N) is 1. The molecule has 45 heavy (non-hydrogen) atoms. The molecule has 0 bridgehead atoms. The minimum absolute atomic E-state index is 1.25. The molecule has 0 amide bonds. The fourth-order valence-corrected chi connectivity index (χ4v) is 0.726. The van der Waals surface area contributed by atoms with Crippen LogP contribution in [0.1, 0.15) is 0 Å². The lowest BCUT2D eigenvalue weighted by Crippen LogP contribution is -2.07. The Labute approximate surface area is 257 Å². The number of anilines is 1. The van der Waals surface area contributed by atoms with E-state index in [0.717, 1.165) is 0 Å². The van der Waals surface area contributed by atoms with Crippen LogP contribution < -0.4 is 4.90 Å². The Kier molecular flexibility index (Phi) is 80.7. The van der Waals surface area contributed by atoms with E-state index in [1.165, 1.54) is 5.69 Å². The average molecular weight is 678 g/mol. The summed E-state index contributed by atoms with van der Waals surface area (Å²) in [4.78, 5) is 2.08. The van der Waals surface area contributed by atoms with E-state index < -0.39 is 65.9 Å². The van der Waals surface area contributed by atoms with Gasteiger partial charge in [-0.3, -0.25) is 0 Å². The minimum Gasteiger partial charge on any atom is -0.402 e. The zero-order chi connectivity index (χ0) is 38.9. The lowest BCUT2D eigenvalue weighted by molar-refractivity contribution is 0.276. The van der Waals surface area contributed by atoms with Crippen LogP contribution in [0.3, 0.4) is 0 Å². The van der Waals surface area contributed by atoms with Crippen LogP contribution in [0.2, 0.25) is 0 Å². The van der Waals surface area contributed by atoms with Crippen LogP contribution in [0.4, 0.5) is 5.69 Å². The highest BCUT2D eigenvalue weighted by atomic mass is 16.6. The summed E-state index contributed by atoms with van der Waals surface area (Å²) in [5.74, 6) is 0. The molecule has 0 saturated carbocycles. The van der Waals surface area contributed by atoms with E-state index in [0.29, 0.717) is 0 Å². The van der Waals surface area contributed by atoms with Gasteiger partial charge in [0.2, 0.25) is 0 Å². The number of para-hydroxylation sites is 1. The predicted octanol–water partition coefficient (Wildman–Crippen LogP) is -16.7. The van der Waals surface area contributed by atoms with Gasteiger partial charge in [-0.25, -0.2) is 0 Å². The van der Waals surface area contributed by atoms with Crippen molar-refractivity contribution in [2.45, 2.75) is 0 Å². The van der Waals surface area contributed by atoms with Gasteiger partial charge < -0.3 is 141 Å². The van der Waals surface area contributed by atoms with E-state index in [1.807, 2.05) is 32.3 Å². The average Bonchev–Trinajstić information content (AvgIpc) is 2.70. The summed E-state index contributed by atoms with van der Waals surface area (Å²) in [5.41, 5.74) is 1.25. The highest BCUT2D eigenvalue weighted by Gasteiger charge is 1.95. The van der Waals surface area contributed by atoms with Crippen LogP contribution in [-0.4, -0.2) is 216 Å². The summed E-state index contributed by atoms with van der Waals surface area (Å²) < 4.78 is 0. The van der Waals surface area contributed by atoms with E-state index in [9.17, 15) is 0 Å². The molecular weight excluding hydrogens is 639 g/mol. The molecule has 0 fully saturated rings. The second-order valence-corrected chi connectivity index (χ2v) is 5.35. The summed E-state index contributed by atoms with van der Waals surface area (Å²) in [6.45, 7) is 0. The lowest BCUT2D eigenvalue weighted by atomic mass is 10.3. The summed E-state index contributed by atoms with van der Waals surface area (Å²) in [5, 5.41) is 193. The molecule has 0 aliphatic rings. The zero-order valence-electron chi connectivity index (χ0n) is 23.1. The zero-order valence-corrected chi connectivity index (χ0v) is 23.1. The van der Waals surface area contributed by atoms with Gasteiger partial charge in [0.15, 0.2) is 0 Å². The Morgan fingerprint density at radius 2 is 0.400 bits per heavy atom. The first kappa shape index (κ1) is 66.0. The van der Waals surface area contributed by atoms with Crippen molar-refractivity contribution in [2.24, 2.45) is 0 Å². The third kappa shape index (κ3) is 630. The Balaban J connectivity index is -0.0000000467. The summed E-state index contributed by atoms with van der Waals surface area (Å²) in [6, 6.07) is 10.3. The van der Waals surface area contributed by atoms with Gasteiger partial charge in [-0.05, 0) is 12.1 Å².